The zero-order chi connectivity index (χ0) is 20.2. The third-order valence-electron chi connectivity index (χ3n) is 4.53. The number of rotatable bonds is 12. The standard InChI is InChI=1S/C23H29NO4/c1-2-22(26)23(27)24-15-6-5-11-18-9-3-4-10-19(18)12-8-16-28-21-14-7-13-20(25)17-21/h3-4,7,9-10,13-14,17,25H,2,5-6,8,11-12,15-16H2,1H3,(H,24,27). The number of phenols is 1. The zero-order valence-corrected chi connectivity index (χ0v) is 16.4. The third-order valence-corrected chi connectivity index (χ3v) is 4.53. The van der Waals surface area contributed by atoms with E-state index >= 15 is 0 Å². The lowest BCUT2D eigenvalue weighted by molar-refractivity contribution is -0.137. The monoisotopic (exact) mass is 383 g/mol. The molecule has 0 saturated carbocycles. The zero-order valence-electron chi connectivity index (χ0n) is 16.4. The Morgan fingerprint density at radius 1 is 0.964 bits per heavy atom. The Bertz CT molecular complexity index is 773. The van der Waals surface area contributed by atoms with Crippen LogP contribution >= 0.6 is 0 Å². The van der Waals surface area contributed by atoms with Crippen LogP contribution in [-0.4, -0.2) is 29.9 Å². The van der Waals surface area contributed by atoms with E-state index in [-0.39, 0.29) is 18.0 Å². The molecule has 0 heterocycles. The lowest BCUT2D eigenvalue weighted by Crippen LogP contribution is -2.31. The largest absolute Gasteiger partial charge is 0.508 e. The SMILES string of the molecule is CCC(=O)C(=O)NCCCCc1ccccc1CCCOc1cccc(O)c1. The molecule has 5 heteroatoms. The van der Waals surface area contributed by atoms with Gasteiger partial charge in [-0.15, -0.1) is 0 Å². The van der Waals surface area contributed by atoms with Gasteiger partial charge in [-0.05, 0) is 55.4 Å². The highest BCUT2D eigenvalue weighted by Crippen LogP contribution is 2.18. The summed E-state index contributed by atoms with van der Waals surface area (Å²) in [6.45, 7) is 2.81. The summed E-state index contributed by atoms with van der Waals surface area (Å²) in [4.78, 5) is 22.7. The van der Waals surface area contributed by atoms with Gasteiger partial charge < -0.3 is 15.2 Å². The minimum Gasteiger partial charge on any atom is -0.508 e. The molecular weight excluding hydrogens is 354 g/mol. The van der Waals surface area contributed by atoms with E-state index in [1.54, 1.807) is 25.1 Å². The normalized spacial score (nSPS) is 10.5. The molecule has 0 saturated heterocycles. The molecule has 0 spiro atoms. The number of ketones is 1. The van der Waals surface area contributed by atoms with Gasteiger partial charge in [-0.2, -0.15) is 0 Å². The molecule has 28 heavy (non-hydrogen) atoms. The Balaban J connectivity index is 1.70. The van der Waals surface area contributed by atoms with E-state index in [9.17, 15) is 14.7 Å². The molecule has 150 valence electrons. The fourth-order valence-corrected chi connectivity index (χ4v) is 2.97. The number of hydrogen-bond donors (Lipinski definition) is 2. The highest BCUT2D eigenvalue weighted by Gasteiger charge is 2.09. The van der Waals surface area contributed by atoms with Gasteiger partial charge in [-0.25, -0.2) is 0 Å². The van der Waals surface area contributed by atoms with Crippen LogP contribution in [0.5, 0.6) is 11.5 Å². The number of Topliss-reactive ketones (excluding diaryl/α,β-unsaturated/α-hetero) is 1. The summed E-state index contributed by atoms with van der Waals surface area (Å²) in [7, 11) is 0. The van der Waals surface area contributed by atoms with E-state index in [0.29, 0.717) is 18.9 Å². The maximum Gasteiger partial charge on any atom is 0.287 e. The van der Waals surface area contributed by atoms with Crippen molar-refractivity contribution in [1.82, 2.24) is 5.32 Å². The van der Waals surface area contributed by atoms with Gasteiger partial charge in [0, 0.05) is 19.0 Å². The molecule has 5 nitrogen and oxygen atoms in total. The number of aryl methyl sites for hydroxylation is 2. The quantitative estimate of drug-likeness (QED) is 0.432. The van der Waals surface area contributed by atoms with E-state index in [1.807, 2.05) is 18.2 Å². The second-order valence-corrected chi connectivity index (χ2v) is 6.71. The summed E-state index contributed by atoms with van der Waals surface area (Å²) in [5.74, 6) is 0.0443. The average Bonchev–Trinajstić information content (AvgIpc) is 2.71. The fraction of sp³-hybridized carbons (Fsp3) is 0.391. The Morgan fingerprint density at radius 2 is 1.68 bits per heavy atom. The van der Waals surface area contributed by atoms with Crippen molar-refractivity contribution >= 4 is 11.7 Å². The highest BCUT2D eigenvalue weighted by atomic mass is 16.5. The summed E-state index contributed by atoms with van der Waals surface area (Å²) < 4.78 is 5.68. The van der Waals surface area contributed by atoms with Crippen LogP contribution < -0.4 is 10.1 Å². The Hall–Kier alpha value is -2.82. The molecular formula is C23H29NO4. The van der Waals surface area contributed by atoms with E-state index in [1.165, 1.54) is 11.1 Å². The lowest BCUT2D eigenvalue weighted by atomic mass is 9.98. The van der Waals surface area contributed by atoms with Crippen molar-refractivity contribution in [3.05, 3.63) is 59.7 Å². The van der Waals surface area contributed by atoms with Gasteiger partial charge in [0.2, 0.25) is 5.78 Å². The van der Waals surface area contributed by atoms with Crippen LogP contribution in [0, 0.1) is 0 Å². The molecule has 0 unspecified atom stereocenters. The van der Waals surface area contributed by atoms with Crippen LogP contribution in [-0.2, 0) is 22.4 Å². The van der Waals surface area contributed by atoms with Crippen molar-refractivity contribution < 1.29 is 19.4 Å². The molecule has 2 aromatic rings. The van der Waals surface area contributed by atoms with Crippen molar-refractivity contribution in [2.75, 3.05) is 13.2 Å². The molecule has 0 bridgehead atoms. The third kappa shape index (κ3) is 7.43. The lowest BCUT2D eigenvalue weighted by Gasteiger charge is -2.11. The van der Waals surface area contributed by atoms with E-state index in [4.69, 9.17) is 4.74 Å². The van der Waals surface area contributed by atoms with Crippen LogP contribution in [0.4, 0.5) is 0 Å². The van der Waals surface area contributed by atoms with Crippen LogP contribution in [0.1, 0.15) is 43.7 Å². The molecule has 0 fully saturated rings. The summed E-state index contributed by atoms with van der Waals surface area (Å²) in [6.07, 6.45) is 4.81. The number of hydrogen-bond acceptors (Lipinski definition) is 4. The van der Waals surface area contributed by atoms with Crippen molar-refractivity contribution in [2.45, 2.75) is 45.4 Å². The predicted octanol–water partition coefficient (Wildman–Crippen LogP) is 3.82. The fourth-order valence-electron chi connectivity index (χ4n) is 2.97. The number of nitrogens with one attached hydrogen (secondary N) is 1. The van der Waals surface area contributed by atoms with Crippen LogP contribution in [0.15, 0.2) is 48.5 Å². The molecule has 0 aliphatic carbocycles. The number of unbranched alkanes of at least 4 members (excludes halogenated alkanes) is 1. The van der Waals surface area contributed by atoms with Crippen molar-refractivity contribution in [3.8, 4) is 11.5 Å². The molecule has 0 aromatic heterocycles. The van der Waals surface area contributed by atoms with Gasteiger partial charge in [0.05, 0.1) is 6.61 Å². The number of carbonyl (C=O) groups is 2. The Kier molecular flexibility index (Phi) is 9.05. The van der Waals surface area contributed by atoms with E-state index in [2.05, 4.69) is 17.4 Å². The van der Waals surface area contributed by atoms with Crippen LogP contribution in [0.2, 0.25) is 0 Å². The smallest absolute Gasteiger partial charge is 0.287 e. The number of amides is 1. The number of ether oxygens (including phenoxy) is 1. The average molecular weight is 383 g/mol. The summed E-state index contributed by atoms with van der Waals surface area (Å²) in [5.41, 5.74) is 2.63. The second-order valence-electron chi connectivity index (χ2n) is 6.71. The second kappa shape index (κ2) is 11.8. The maximum absolute atomic E-state index is 11.4. The van der Waals surface area contributed by atoms with Gasteiger partial charge in [-0.3, -0.25) is 9.59 Å². The number of phenolic OH excluding ortho intramolecular Hbond substituents is 1. The van der Waals surface area contributed by atoms with Crippen molar-refractivity contribution in [1.29, 1.82) is 0 Å². The van der Waals surface area contributed by atoms with Crippen LogP contribution in [0.25, 0.3) is 0 Å². The minimum atomic E-state index is -0.477. The molecule has 0 aliphatic rings. The minimum absolute atomic E-state index is 0.207. The Morgan fingerprint density at radius 3 is 2.36 bits per heavy atom. The Labute approximate surface area is 166 Å². The van der Waals surface area contributed by atoms with E-state index < -0.39 is 5.91 Å². The molecule has 0 aliphatic heterocycles. The number of aromatic hydroxyl groups is 1. The molecule has 2 N–H and O–H groups in total. The molecule has 0 radical (unpaired) electrons. The molecule has 1 amide bonds. The van der Waals surface area contributed by atoms with Gasteiger partial charge in [0.25, 0.3) is 5.91 Å². The van der Waals surface area contributed by atoms with Gasteiger partial charge in [0.1, 0.15) is 11.5 Å². The summed E-state index contributed by atoms with van der Waals surface area (Å²) in [5, 5.41) is 12.1. The first-order chi connectivity index (χ1) is 13.6. The first-order valence-corrected chi connectivity index (χ1v) is 9.89. The molecule has 2 aromatic carbocycles. The van der Waals surface area contributed by atoms with Gasteiger partial charge >= 0.3 is 0 Å². The number of carbonyl (C=O) groups excluding carboxylic acids is 2. The first kappa shape index (κ1) is 21.5. The summed E-state index contributed by atoms with van der Waals surface area (Å²) in [6, 6.07) is 15.2. The van der Waals surface area contributed by atoms with Gasteiger partial charge in [-0.1, -0.05) is 37.3 Å². The first-order valence-electron chi connectivity index (χ1n) is 9.89. The van der Waals surface area contributed by atoms with Gasteiger partial charge in [0.15, 0.2) is 0 Å². The maximum atomic E-state index is 11.4. The van der Waals surface area contributed by atoms with E-state index in [0.717, 1.165) is 32.1 Å². The highest BCUT2D eigenvalue weighted by molar-refractivity contribution is 6.36. The van der Waals surface area contributed by atoms with Crippen molar-refractivity contribution in [2.24, 2.45) is 0 Å². The van der Waals surface area contributed by atoms with Crippen LogP contribution in [0.3, 0.4) is 0 Å². The predicted molar refractivity (Wildman–Crippen MR) is 110 cm³/mol. The molecule has 2 rings (SSSR count). The topological polar surface area (TPSA) is 75.6 Å². The van der Waals surface area contributed by atoms with Crippen molar-refractivity contribution in [3.63, 3.8) is 0 Å². The number of benzene rings is 2. The summed E-state index contributed by atoms with van der Waals surface area (Å²) >= 11 is 0. The molecule has 0 atom stereocenters.